The van der Waals surface area contributed by atoms with Gasteiger partial charge in [0.15, 0.2) is 0 Å². The lowest BCUT2D eigenvalue weighted by Gasteiger charge is -2.30. The molecule has 7 nitrogen and oxygen atoms in total. The highest BCUT2D eigenvalue weighted by molar-refractivity contribution is 6.01. The van der Waals surface area contributed by atoms with Crippen molar-refractivity contribution in [3.63, 3.8) is 0 Å². The summed E-state index contributed by atoms with van der Waals surface area (Å²) >= 11 is 0. The lowest BCUT2D eigenvalue weighted by Crippen LogP contribution is -2.46. The summed E-state index contributed by atoms with van der Waals surface area (Å²) < 4.78 is 0.759. The molecule has 3 rings (SSSR count). The van der Waals surface area contributed by atoms with Gasteiger partial charge in [0, 0.05) is 30.2 Å². The molecule has 25 heavy (non-hydrogen) atoms. The maximum Gasteiger partial charge on any atom is 0.274 e. The van der Waals surface area contributed by atoms with Gasteiger partial charge in [-0.05, 0) is 24.6 Å². The number of nitro benzene ring substituents is 1. The minimum absolute atomic E-state index is 0.123. The Bertz CT molecular complexity index is 837. The fraction of sp³-hybridized carbons (Fsp3) is 0.278. The Morgan fingerprint density at radius 2 is 1.92 bits per heavy atom. The van der Waals surface area contributed by atoms with E-state index in [-0.39, 0.29) is 5.69 Å². The molecule has 0 spiro atoms. The minimum atomic E-state index is -1.45. The van der Waals surface area contributed by atoms with Crippen molar-refractivity contribution in [3.05, 3.63) is 81.0 Å². The Balaban J connectivity index is 2.19. The Morgan fingerprint density at radius 1 is 1.24 bits per heavy atom. The predicted molar refractivity (Wildman–Crippen MR) is 92.3 cm³/mol. The molecule has 0 radical (unpaired) electrons. The lowest BCUT2D eigenvalue weighted by molar-refractivity contribution is -0.595. The molecule has 0 saturated heterocycles. The molecule has 1 heterocycles. The van der Waals surface area contributed by atoms with E-state index in [1.54, 1.807) is 13.0 Å². The maximum atomic E-state index is 13.2. The topological polar surface area (TPSA) is 92.7 Å². The van der Waals surface area contributed by atoms with Gasteiger partial charge in [-0.1, -0.05) is 31.2 Å². The minimum Gasteiger partial charge on any atom is -0.622 e. The first kappa shape index (κ1) is 17.1. The molecule has 0 aliphatic carbocycles. The van der Waals surface area contributed by atoms with Crippen molar-refractivity contribution in [2.24, 2.45) is 0 Å². The quantitative estimate of drug-likeness (QED) is 0.399. The first-order chi connectivity index (χ1) is 11.9. The molecule has 2 aromatic carbocycles. The van der Waals surface area contributed by atoms with Crippen LogP contribution in [0.2, 0.25) is 0 Å². The highest BCUT2D eigenvalue weighted by Crippen LogP contribution is 2.38. The zero-order valence-corrected chi connectivity index (χ0v) is 14.0. The van der Waals surface area contributed by atoms with Gasteiger partial charge < -0.3 is 10.4 Å². The van der Waals surface area contributed by atoms with Crippen LogP contribution in [0.5, 0.6) is 0 Å². The van der Waals surface area contributed by atoms with Crippen LogP contribution in [0.25, 0.3) is 0 Å². The Hall–Kier alpha value is -2.77. The van der Waals surface area contributed by atoms with Crippen LogP contribution < -0.4 is 0 Å². The molecule has 0 bridgehead atoms. The SMILES string of the molecule is CC[C@@H]1C(c2ccccc2)=[N+]([O-])[C@](C)(c2cccc([N+](=O)[O-])c2)N1O. The first-order valence-electron chi connectivity index (χ1n) is 8.04. The Morgan fingerprint density at radius 3 is 2.52 bits per heavy atom. The number of rotatable bonds is 4. The summed E-state index contributed by atoms with van der Waals surface area (Å²) in [7, 11) is 0. The van der Waals surface area contributed by atoms with Crippen molar-refractivity contribution in [2.75, 3.05) is 0 Å². The summed E-state index contributed by atoms with van der Waals surface area (Å²) in [6.07, 6.45) is 0.518. The summed E-state index contributed by atoms with van der Waals surface area (Å²) in [5, 5.41) is 36.1. The van der Waals surface area contributed by atoms with Crippen LogP contribution in [-0.4, -0.2) is 31.7 Å². The third-order valence-electron chi connectivity index (χ3n) is 4.73. The zero-order valence-electron chi connectivity index (χ0n) is 14.0. The predicted octanol–water partition coefficient (Wildman–Crippen LogP) is 3.25. The molecular weight excluding hydrogens is 322 g/mol. The lowest BCUT2D eigenvalue weighted by atomic mass is 10.00. The smallest absolute Gasteiger partial charge is 0.274 e. The number of hydrogen-bond donors (Lipinski definition) is 1. The summed E-state index contributed by atoms with van der Waals surface area (Å²) in [6, 6.07) is 14.4. The molecule has 1 aliphatic rings. The summed E-state index contributed by atoms with van der Waals surface area (Å²) in [6.45, 7) is 3.45. The second kappa shape index (κ2) is 6.27. The Labute approximate surface area is 145 Å². The van der Waals surface area contributed by atoms with E-state index in [0.29, 0.717) is 17.7 Å². The first-order valence-corrected chi connectivity index (χ1v) is 8.04. The van der Waals surface area contributed by atoms with Crippen LogP contribution in [0.15, 0.2) is 54.6 Å². The zero-order chi connectivity index (χ0) is 18.2. The normalized spacial score (nSPS) is 23.9. The van der Waals surface area contributed by atoms with Crippen LogP contribution in [0.1, 0.15) is 31.4 Å². The van der Waals surface area contributed by atoms with Crippen molar-refractivity contribution in [1.29, 1.82) is 0 Å². The fourth-order valence-corrected chi connectivity index (χ4v) is 3.33. The van der Waals surface area contributed by atoms with Gasteiger partial charge in [0.1, 0.15) is 6.04 Å². The third-order valence-corrected chi connectivity index (χ3v) is 4.73. The van der Waals surface area contributed by atoms with Gasteiger partial charge in [-0.15, -0.1) is 5.06 Å². The van der Waals surface area contributed by atoms with E-state index in [1.807, 2.05) is 37.3 Å². The molecule has 130 valence electrons. The van der Waals surface area contributed by atoms with E-state index < -0.39 is 16.6 Å². The molecule has 0 amide bonds. The van der Waals surface area contributed by atoms with E-state index >= 15 is 0 Å². The van der Waals surface area contributed by atoms with Crippen LogP contribution in [0.4, 0.5) is 5.69 Å². The van der Waals surface area contributed by atoms with Gasteiger partial charge in [-0.2, -0.15) is 4.74 Å². The van der Waals surface area contributed by atoms with Crippen molar-refractivity contribution >= 4 is 11.4 Å². The monoisotopic (exact) mass is 341 g/mol. The van der Waals surface area contributed by atoms with Crippen LogP contribution in [-0.2, 0) is 5.66 Å². The van der Waals surface area contributed by atoms with Crippen LogP contribution in [0.3, 0.4) is 0 Å². The highest BCUT2D eigenvalue weighted by Gasteiger charge is 2.55. The van der Waals surface area contributed by atoms with Gasteiger partial charge in [0.2, 0.25) is 5.71 Å². The van der Waals surface area contributed by atoms with E-state index in [9.17, 15) is 20.5 Å². The number of benzene rings is 2. The van der Waals surface area contributed by atoms with Gasteiger partial charge in [-0.3, -0.25) is 10.1 Å². The average Bonchev–Trinajstić information content (AvgIpc) is 2.84. The molecule has 2 aromatic rings. The van der Waals surface area contributed by atoms with Crippen molar-refractivity contribution < 1.29 is 14.9 Å². The van der Waals surface area contributed by atoms with Gasteiger partial charge >= 0.3 is 0 Å². The number of non-ortho nitro benzene ring substituents is 1. The molecule has 7 heteroatoms. The van der Waals surface area contributed by atoms with Crippen molar-refractivity contribution in [2.45, 2.75) is 32.0 Å². The van der Waals surface area contributed by atoms with Crippen molar-refractivity contribution in [3.8, 4) is 0 Å². The molecule has 1 aliphatic heterocycles. The second-order valence-corrected chi connectivity index (χ2v) is 6.14. The maximum absolute atomic E-state index is 13.2. The molecule has 0 aromatic heterocycles. The molecule has 2 atom stereocenters. The van der Waals surface area contributed by atoms with Crippen LogP contribution in [0, 0.1) is 15.3 Å². The summed E-state index contributed by atoms with van der Waals surface area (Å²) in [5.74, 6) is 0. The van der Waals surface area contributed by atoms with Crippen LogP contribution >= 0.6 is 0 Å². The summed E-state index contributed by atoms with van der Waals surface area (Å²) in [5.41, 5.74) is -0.0415. The second-order valence-electron chi connectivity index (χ2n) is 6.14. The van der Waals surface area contributed by atoms with Crippen molar-refractivity contribution in [1.82, 2.24) is 5.06 Å². The Kier molecular flexibility index (Phi) is 4.28. The fourth-order valence-electron chi connectivity index (χ4n) is 3.33. The van der Waals surface area contributed by atoms with E-state index in [4.69, 9.17) is 0 Å². The molecule has 0 fully saturated rings. The molecular formula is C18H19N3O4. The number of nitrogens with zero attached hydrogens (tertiary/aromatic N) is 3. The summed E-state index contributed by atoms with van der Waals surface area (Å²) in [4.78, 5) is 10.6. The van der Waals surface area contributed by atoms with Gasteiger partial charge in [-0.25, -0.2) is 0 Å². The number of hydrogen-bond acceptors (Lipinski definition) is 5. The third kappa shape index (κ3) is 2.57. The van der Waals surface area contributed by atoms with E-state index in [1.165, 1.54) is 18.2 Å². The highest BCUT2D eigenvalue weighted by atomic mass is 16.6. The standard InChI is InChI=1S/C18H19N3O4/c1-3-16-17(13-8-5-4-6-9-13)20(23)18(2,19(16)22)14-10-7-11-15(12-14)21(24)25/h4-12,16,22H,3H2,1-2H3/t16-,18-/m1/s1. The van der Waals surface area contributed by atoms with E-state index in [2.05, 4.69) is 0 Å². The largest absolute Gasteiger partial charge is 0.622 e. The molecule has 0 saturated carbocycles. The number of nitro groups is 1. The van der Waals surface area contributed by atoms with Gasteiger partial charge in [0.05, 0.1) is 4.92 Å². The average molecular weight is 341 g/mol. The van der Waals surface area contributed by atoms with E-state index in [0.717, 1.165) is 15.4 Å². The number of hydroxylamine groups is 3. The molecule has 1 N–H and O–H groups in total. The van der Waals surface area contributed by atoms with Gasteiger partial charge in [0.25, 0.3) is 11.4 Å². The molecule has 0 unspecified atom stereocenters.